The molecule has 0 aromatic heterocycles. The van der Waals surface area contributed by atoms with E-state index in [0.717, 1.165) is 35.8 Å². The molecule has 0 unspecified atom stereocenters. The van der Waals surface area contributed by atoms with Crippen LogP contribution in [0, 0.1) is 0 Å². The average molecular weight is 409 g/mol. The summed E-state index contributed by atoms with van der Waals surface area (Å²) in [6.45, 7) is 0. The molecule has 0 bridgehead atoms. The third-order valence-corrected chi connectivity index (χ3v) is 6.54. The average Bonchev–Trinajstić information content (AvgIpc) is 2.59. The van der Waals surface area contributed by atoms with Gasteiger partial charge in [0.05, 0.1) is 4.90 Å². The van der Waals surface area contributed by atoms with Gasteiger partial charge in [0.1, 0.15) is 0 Å². The molecule has 2 aromatic rings. The van der Waals surface area contributed by atoms with E-state index in [1.54, 1.807) is 24.3 Å². The number of hydrogen-bond acceptors (Lipinski definition) is 3. The predicted octanol–water partition coefficient (Wildman–Crippen LogP) is 4.15. The fourth-order valence-corrected chi connectivity index (χ4v) is 4.82. The van der Waals surface area contributed by atoms with Crippen molar-refractivity contribution in [2.75, 3.05) is 5.32 Å². The molecule has 6 heteroatoms. The van der Waals surface area contributed by atoms with Crippen LogP contribution in [0.2, 0.25) is 0 Å². The van der Waals surface area contributed by atoms with Crippen molar-refractivity contribution in [3.05, 3.63) is 59.1 Å². The normalized spacial score (nSPS) is 21.4. The van der Waals surface area contributed by atoms with Gasteiger partial charge in [0.15, 0.2) is 0 Å². The Morgan fingerprint density at radius 1 is 0.875 bits per heavy atom. The topological polar surface area (TPSA) is 58.2 Å². The number of para-hydroxylation sites is 1. The molecule has 0 amide bonds. The Labute approximate surface area is 151 Å². The van der Waals surface area contributed by atoms with Gasteiger partial charge in [0.25, 0.3) is 0 Å². The molecule has 0 aliphatic heterocycles. The van der Waals surface area contributed by atoms with E-state index < -0.39 is 10.0 Å². The molecular weight excluding hydrogens is 388 g/mol. The zero-order valence-electron chi connectivity index (χ0n) is 13.3. The molecule has 0 saturated heterocycles. The summed E-state index contributed by atoms with van der Waals surface area (Å²) in [4.78, 5) is 0.315. The largest absolute Gasteiger partial charge is 0.380 e. The summed E-state index contributed by atoms with van der Waals surface area (Å²) >= 11 is 3.54. The monoisotopic (exact) mass is 408 g/mol. The van der Waals surface area contributed by atoms with Crippen LogP contribution in [0.15, 0.2) is 64.0 Å². The molecule has 0 spiro atoms. The summed E-state index contributed by atoms with van der Waals surface area (Å²) in [6, 6.07) is 16.4. The second-order valence-electron chi connectivity index (χ2n) is 6.06. The number of rotatable bonds is 5. The molecule has 0 radical (unpaired) electrons. The molecule has 1 saturated carbocycles. The number of hydrogen-bond donors (Lipinski definition) is 2. The van der Waals surface area contributed by atoms with Gasteiger partial charge in [0, 0.05) is 22.2 Å². The molecule has 2 N–H and O–H groups in total. The third-order valence-electron chi connectivity index (χ3n) is 4.34. The Balaban J connectivity index is 1.77. The summed E-state index contributed by atoms with van der Waals surface area (Å²) in [7, 11) is -3.50. The molecule has 3 rings (SSSR count). The minimum absolute atomic E-state index is 0.0796. The molecule has 2 atom stereocenters. The zero-order valence-corrected chi connectivity index (χ0v) is 15.7. The number of anilines is 1. The minimum atomic E-state index is -3.50. The molecule has 0 heterocycles. The molecule has 4 nitrogen and oxygen atoms in total. The Kier molecular flexibility index (Phi) is 5.58. The highest BCUT2D eigenvalue weighted by molar-refractivity contribution is 9.10. The summed E-state index contributed by atoms with van der Waals surface area (Å²) in [5.74, 6) is 0. The highest BCUT2D eigenvalue weighted by atomic mass is 79.9. The molecule has 128 valence electrons. The maximum atomic E-state index is 12.6. The fraction of sp³-hybridized carbons (Fsp3) is 0.333. The van der Waals surface area contributed by atoms with E-state index >= 15 is 0 Å². The smallest absolute Gasteiger partial charge is 0.240 e. The van der Waals surface area contributed by atoms with E-state index in [9.17, 15) is 8.42 Å². The van der Waals surface area contributed by atoms with Crippen molar-refractivity contribution in [2.24, 2.45) is 0 Å². The summed E-state index contributed by atoms with van der Waals surface area (Å²) in [5, 5.41) is 3.50. The molecule has 1 aliphatic rings. The second kappa shape index (κ2) is 7.68. The van der Waals surface area contributed by atoms with Crippen LogP contribution in [0.1, 0.15) is 25.7 Å². The second-order valence-corrected chi connectivity index (χ2v) is 8.62. The van der Waals surface area contributed by atoms with Crippen LogP contribution in [0.5, 0.6) is 0 Å². The maximum Gasteiger partial charge on any atom is 0.240 e. The SMILES string of the molecule is O=S(=O)(N[C@H]1CCCC[C@H]1Nc1ccccc1Br)c1ccccc1. The van der Waals surface area contributed by atoms with Crippen molar-refractivity contribution >= 4 is 31.6 Å². The highest BCUT2D eigenvalue weighted by Gasteiger charge is 2.29. The van der Waals surface area contributed by atoms with Crippen LogP contribution in [-0.4, -0.2) is 20.5 Å². The number of halogens is 1. The number of nitrogens with one attached hydrogen (secondary N) is 2. The van der Waals surface area contributed by atoms with Crippen molar-refractivity contribution in [3.8, 4) is 0 Å². The van der Waals surface area contributed by atoms with Crippen LogP contribution in [-0.2, 0) is 10.0 Å². The lowest BCUT2D eigenvalue weighted by Gasteiger charge is -2.33. The van der Waals surface area contributed by atoms with Gasteiger partial charge in [0.2, 0.25) is 10.0 Å². The van der Waals surface area contributed by atoms with Gasteiger partial charge in [-0.15, -0.1) is 0 Å². The minimum Gasteiger partial charge on any atom is -0.380 e. The van der Waals surface area contributed by atoms with Crippen molar-refractivity contribution in [1.82, 2.24) is 4.72 Å². The number of sulfonamides is 1. The van der Waals surface area contributed by atoms with Gasteiger partial charge >= 0.3 is 0 Å². The molecule has 1 aliphatic carbocycles. The van der Waals surface area contributed by atoms with Crippen molar-refractivity contribution in [3.63, 3.8) is 0 Å². The first-order valence-electron chi connectivity index (χ1n) is 8.15. The van der Waals surface area contributed by atoms with Crippen LogP contribution >= 0.6 is 15.9 Å². The van der Waals surface area contributed by atoms with E-state index in [4.69, 9.17) is 0 Å². The molecule has 1 fully saturated rings. The van der Waals surface area contributed by atoms with E-state index in [0.29, 0.717) is 4.90 Å². The van der Waals surface area contributed by atoms with Crippen molar-refractivity contribution < 1.29 is 8.42 Å². The highest BCUT2D eigenvalue weighted by Crippen LogP contribution is 2.27. The first-order chi connectivity index (χ1) is 11.6. The Hall–Kier alpha value is -1.37. The van der Waals surface area contributed by atoms with E-state index in [1.165, 1.54) is 0 Å². The van der Waals surface area contributed by atoms with Gasteiger partial charge in [-0.05, 0) is 53.0 Å². The van der Waals surface area contributed by atoms with Crippen LogP contribution in [0.3, 0.4) is 0 Å². The van der Waals surface area contributed by atoms with Gasteiger partial charge in [-0.1, -0.05) is 43.2 Å². The molecule has 24 heavy (non-hydrogen) atoms. The third kappa shape index (κ3) is 4.18. The summed E-state index contributed by atoms with van der Waals surface area (Å²) < 4.78 is 29.1. The first-order valence-corrected chi connectivity index (χ1v) is 10.4. The Bertz CT molecular complexity index is 781. The lowest BCUT2D eigenvalue weighted by atomic mass is 9.91. The predicted molar refractivity (Wildman–Crippen MR) is 101 cm³/mol. The maximum absolute atomic E-state index is 12.6. The van der Waals surface area contributed by atoms with E-state index in [1.807, 2.05) is 30.3 Å². The lowest BCUT2D eigenvalue weighted by Crippen LogP contribution is -2.48. The number of benzene rings is 2. The van der Waals surface area contributed by atoms with Gasteiger partial charge in [-0.25, -0.2) is 13.1 Å². The summed E-state index contributed by atoms with van der Waals surface area (Å²) in [6.07, 6.45) is 3.93. The van der Waals surface area contributed by atoms with Gasteiger partial charge < -0.3 is 5.32 Å². The first kappa shape index (κ1) is 17.5. The molecule has 2 aromatic carbocycles. The lowest BCUT2D eigenvalue weighted by molar-refractivity contribution is 0.378. The Morgan fingerprint density at radius 2 is 1.50 bits per heavy atom. The van der Waals surface area contributed by atoms with Crippen molar-refractivity contribution in [1.29, 1.82) is 0 Å². The van der Waals surface area contributed by atoms with E-state index in [-0.39, 0.29) is 12.1 Å². The fourth-order valence-electron chi connectivity index (χ4n) is 3.09. The zero-order chi connectivity index (χ0) is 17.0. The standard InChI is InChI=1S/C18H21BrN2O2S/c19-15-10-4-5-11-16(15)20-17-12-6-7-13-18(17)21-24(22,23)14-8-2-1-3-9-14/h1-5,8-11,17-18,20-21H,6-7,12-13H2/t17-,18+/m1/s1. The van der Waals surface area contributed by atoms with Crippen LogP contribution in [0.4, 0.5) is 5.69 Å². The molecular formula is C18H21BrN2O2S. The van der Waals surface area contributed by atoms with Gasteiger partial charge in [-0.2, -0.15) is 0 Å². The quantitative estimate of drug-likeness (QED) is 0.780. The van der Waals surface area contributed by atoms with Crippen LogP contribution < -0.4 is 10.0 Å². The Morgan fingerprint density at radius 3 is 2.21 bits per heavy atom. The van der Waals surface area contributed by atoms with Gasteiger partial charge in [-0.3, -0.25) is 0 Å². The van der Waals surface area contributed by atoms with E-state index in [2.05, 4.69) is 26.0 Å². The van der Waals surface area contributed by atoms with Crippen LogP contribution in [0.25, 0.3) is 0 Å². The summed E-state index contributed by atoms with van der Waals surface area (Å²) in [5.41, 5.74) is 0.994. The van der Waals surface area contributed by atoms with Crippen molar-refractivity contribution in [2.45, 2.75) is 42.7 Å².